The summed E-state index contributed by atoms with van der Waals surface area (Å²) in [4.78, 5) is 38.6. The van der Waals surface area contributed by atoms with Crippen molar-refractivity contribution in [2.24, 2.45) is 0 Å². The van der Waals surface area contributed by atoms with E-state index in [2.05, 4.69) is 20.9 Å². The normalized spacial score (nSPS) is 10.7. The molecule has 0 aliphatic carbocycles. The van der Waals surface area contributed by atoms with Gasteiger partial charge in [0.2, 0.25) is 5.69 Å². The molecule has 0 aromatic carbocycles. The Morgan fingerprint density at radius 3 is 2.06 bits per heavy atom. The van der Waals surface area contributed by atoms with Gasteiger partial charge in [-0.2, -0.15) is 0 Å². The van der Waals surface area contributed by atoms with E-state index >= 15 is 0 Å². The molecule has 0 saturated carbocycles. The largest absolute Gasteiger partial charge is 0.414 e. The highest BCUT2D eigenvalue weighted by Crippen LogP contribution is 2.21. The van der Waals surface area contributed by atoms with Crippen molar-refractivity contribution in [3.63, 3.8) is 0 Å². The first-order valence-electron chi connectivity index (χ1n) is 10.6. The molecule has 2 amide bonds. The van der Waals surface area contributed by atoms with Crippen molar-refractivity contribution in [3.8, 4) is 5.75 Å². The molecule has 0 fully saturated rings. The number of aromatic nitrogens is 1. The molecule has 0 saturated heterocycles. The van der Waals surface area contributed by atoms with Gasteiger partial charge in [0.1, 0.15) is 0 Å². The Morgan fingerprint density at radius 2 is 1.56 bits per heavy atom. The standard InChI is InChI=1S/C21H35BrN3O3.NO3/c1-24(2)21(27)28-18-14-13-16-23-19(18)20(26)25(3,4)17-12-10-8-6-5-7-9-11-15-22;2-1(3)4/h13-14,16H,5-12,15,17H2,1-4H3;/q+1;-1. The molecule has 0 bridgehead atoms. The average molecular weight is 519 g/mol. The third-order valence-corrected chi connectivity index (χ3v) is 5.25. The number of carbonyl (C=O) groups excluding carboxylic acids is 2. The number of quaternary nitrogens is 1. The fraction of sp³-hybridized carbons (Fsp3) is 0.667. The highest BCUT2D eigenvalue weighted by molar-refractivity contribution is 9.09. The van der Waals surface area contributed by atoms with Gasteiger partial charge in [0, 0.05) is 25.6 Å². The van der Waals surface area contributed by atoms with E-state index in [0.29, 0.717) is 0 Å². The van der Waals surface area contributed by atoms with Gasteiger partial charge in [-0.1, -0.05) is 48.0 Å². The van der Waals surface area contributed by atoms with Crippen LogP contribution in [0.2, 0.25) is 0 Å². The first-order chi connectivity index (χ1) is 15.0. The number of ether oxygens (including phenoxy) is 1. The van der Waals surface area contributed by atoms with Gasteiger partial charge in [0.15, 0.2) is 5.75 Å². The fourth-order valence-electron chi connectivity index (χ4n) is 2.87. The van der Waals surface area contributed by atoms with Gasteiger partial charge in [-0.25, -0.2) is 14.6 Å². The zero-order chi connectivity index (χ0) is 24.6. The molecule has 0 aliphatic heterocycles. The van der Waals surface area contributed by atoms with E-state index in [0.717, 1.165) is 24.7 Å². The van der Waals surface area contributed by atoms with Gasteiger partial charge < -0.3 is 25.0 Å². The summed E-state index contributed by atoms with van der Waals surface area (Å²) >= 11 is 3.46. The molecule has 1 aromatic heterocycles. The van der Waals surface area contributed by atoms with Crippen molar-refractivity contribution < 1.29 is 23.9 Å². The van der Waals surface area contributed by atoms with Crippen LogP contribution in [-0.2, 0) is 0 Å². The minimum absolute atomic E-state index is 0.142. The number of unbranched alkanes of at least 4 members (excludes halogenated alkanes) is 7. The Kier molecular flexibility index (Phi) is 15.2. The van der Waals surface area contributed by atoms with Gasteiger partial charge in [0.25, 0.3) is 0 Å². The van der Waals surface area contributed by atoms with Gasteiger partial charge in [-0.05, 0) is 31.4 Å². The lowest BCUT2D eigenvalue weighted by atomic mass is 10.1. The molecule has 0 radical (unpaired) electrons. The van der Waals surface area contributed by atoms with Crippen LogP contribution in [0.4, 0.5) is 4.79 Å². The second kappa shape index (κ2) is 16.4. The molecule has 10 nitrogen and oxygen atoms in total. The van der Waals surface area contributed by atoms with Crippen molar-refractivity contribution in [2.45, 2.75) is 51.4 Å². The zero-order valence-electron chi connectivity index (χ0n) is 19.4. The van der Waals surface area contributed by atoms with Crippen molar-refractivity contribution in [1.29, 1.82) is 0 Å². The van der Waals surface area contributed by atoms with Crippen molar-refractivity contribution >= 4 is 27.9 Å². The maximum absolute atomic E-state index is 13.0. The Morgan fingerprint density at radius 1 is 1.06 bits per heavy atom. The predicted molar refractivity (Wildman–Crippen MR) is 126 cm³/mol. The molecule has 1 aromatic rings. The summed E-state index contributed by atoms with van der Waals surface area (Å²) in [6.45, 7) is 0.736. The number of hydrogen-bond acceptors (Lipinski definition) is 7. The van der Waals surface area contributed by atoms with Crippen LogP contribution < -0.4 is 4.74 Å². The maximum Gasteiger partial charge on any atom is 0.414 e. The number of alkyl halides is 1. The number of carbonyl (C=O) groups is 2. The van der Waals surface area contributed by atoms with E-state index in [1.165, 1.54) is 43.4 Å². The van der Waals surface area contributed by atoms with Crippen LogP contribution in [0.5, 0.6) is 5.75 Å². The van der Waals surface area contributed by atoms with Crippen molar-refractivity contribution in [2.75, 3.05) is 40.1 Å². The molecular formula is C21H35BrN4O6. The summed E-state index contributed by atoms with van der Waals surface area (Å²) in [5.41, 5.74) is 0.203. The Balaban J connectivity index is 0.00000220. The molecule has 1 heterocycles. The monoisotopic (exact) mass is 518 g/mol. The van der Waals surface area contributed by atoms with Gasteiger partial charge in [0.05, 0.1) is 25.7 Å². The molecule has 0 unspecified atom stereocenters. The van der Waals surface area contributed by atoms with Crippen LogP contribution in [0.3, 0.4) is 0 Å². The van der Waals surface area contributed by atoms with Gasteiger partial charge >= 0.3 is 12.0 Å². The number of rotatable bonds is 12. The van der Waals surface area contributed by atoms with E-state index in [1.807, 2.05) is 14.1 Å². The average Bonchev–Trinajstić information content (AvgIpc) is 2.72. The molecule has 182 valence electrons. The van der Waals surface area contributed by atoms with Crippen LogP contribution in [-0.4, -0.2) is 71.5 Å². The number of pyridine rings is 1. The van der Waals surface area contributed by atoms with Crippen molar-refractivity contribution in [3.05, 3.63) is 39.3 Å². The Bertz CT molecular complexity index is 711. The summed E-state index contributed by atoms with van der Waals surface area (Å²) in [5.74, 6) is 0.0674. The summed E-state index contributed by atoms with van der Waals surface area (Å²) < 4.78 is 5.50. The molecule has 0 spiro atoms. The van der Waals surface area contributed by atoms with E-state index in [9.17, 15) is 9.59 Å². The molecule has 0 N–H and O–H groups in total. The minimum atomic E-state index is -1.75. The lowest BCUT2D eigenvalue weighted by molar-refractivity contribution is -0.808. The maximum atomic E-state index is 13.0. The van der Waals surface area contributed by atoms with Crippen LogP contribution >= 0.6 is 15.9 Å². The van der Waals surface area contributed by atoms with E-state index < -0.39 is 11.2 Å². The number of halogens is 1. The molecule has 11 heteroatoms. The van der Waals surface area contributed by atoms with Crippen LogP contribution in [0, 0.1) is 15.3 Å². The molecule has 32 heavy (non-hydrogen) atoms. The highest BCUT2D eigenvalue weighted by Gasteiger charge is 2.32. The lowest BCUT2D eigenvalue weighted by Gasteiger charge is -2.27. The van der Waals surface area contributed by atoms with E-state index in [4.69, 9.17) is 20.1 Å². The Hall–Kier alpha value is -2.27. The lowest BCUT2D eigenvalue weighted by Crippen LogP contribution is -2.46. The third-order valence-electron chi connectivity index (χ3n) is 4.69. The number of nitrogens with zero attached hydrogens (tertiary/aromatic N) is 4. The van der Waals surface area contributed by atoms with Crippen LogP contribution in [0.25, 0.3) is 0 Å². The van der Waals surface area contributed by atoms with E-state index in [-0.39, 0.29) is 21.8 Å². The second-order valence-corrected chi connectivity index (χ2v) is 8.86. The summed E-state index contributed by atoms with van der Waals surface area (Å²) in [6.07, 6.45) is 10.8. The highest BCUT2D eigenvalue weighted by atomic mass is 79.9. The zero-order valence-corrected chi connectivity index (χ0v) is 21.0. The molecule has 0 aliphatic rings. The van der Waals surface area contributed by atoms with Crippen LogP contribution in [0.1, 0.15) is 61.9 Å². The SMILES string of the molecule is CN(C)C(=O)Oc1cccnc1C(=O)[N+](C)(C)CCCCCCCCCCBr.O=[N+]([O-])[O-]. The summed E-state index contributed by atoms with van der Waals surface area (Å²) in [5, 5.41) is 15.8. The van der Waals surface area contributed by atoms with Gasteiger partial charge in [-0.3, -0.25) is 4.48 Å². The van der Waals surface area contributed by atoms with Crippen LogP contribution in [0.15, 0.2) is 18.3 Å². The molecular weight excluding hydrogens is 484 g/mol. The predicted octanol–water partition coefficient (Wildman–Crippen LogP) is 4.64. The summed E-state index contributed by atoms with van der Waals surface area (Å²) in [6, 6.07) is 3.27. The fourth-order valence-corrected chi connectivity index (χ4v) is 3.27. The van der Waals surface area contributed by atoms with E-state index in [1.54, 1.807) is 32.4 Å². The number of hydrogen-bond donors (Lipinski definition) is 0. The third kappa shape index (κ3) is 13.2. The topological polar surface area (TPSA) is 126 Å². The second-order valence-electron chi connectivity index (χ2n) is 8.07. The smallest absolute Gasteiger partial charge is 0.407 e. The van der Waals surface area contributed by atoms with Crippen molar-refractivity contribution in [1.82, 2.24) is 9.88 Å². The quantitative estimate of drug-likeness (QED) is 0.130. The van der Waals surface area contributed by atoms with Gasteiger partial charge in [-0.15, -0.1) is 0 Å². The first kappa shape index (κ1) is 29.7. The molecule has 0 atom stereocenters. The minimum Gasteiger partial charge on any atom is -0.407 e. The summed E-state index contributed by atoms with van der Waals surface area (Å²) in [7, 11) is 6.97. The Labute approximate surface area is 198 Å². The first-order valence-corrected chi connectivity index (χ1v) is 11.7. The molecule has 1 rings (SSSR count). The number of amides is 2.